The standard InChI is InChI=1S/C26H28N6O5/c1-16-10-17(6-7-27-16)26-30-23(14-37-26)32(15-33)18-11-19(20-13-36-9-8-28-20)25-21(12-18)31(2)22(29-25)4-5-24(34)35-3/h6-7,10-12,14-15,20,28H,4-5,8-9,13H2,1-3H3. The van der Waals surface area contributed by atoms with Crippen LogP contribution in [0.25, 0.3) is 22.5 Å². The molecule has 0 bridgehead atoms. The first-order valence-electron chi connectivity index (χ1n) is 12.0. The first-order chi connectivity index (χ1) is 18.0. The summed E-state index contributed by atoms with van der Waals surface area (Å²) in [4.78, 5) is 39.2. The Morgan fingerprint density at radius 2 is 2.19 bits per heavy atom. The first kappa shape index (κ1) is 24.6. The average molecular weight is 505 g/mol. The summed E-state index contributed by atoms with van der Waals surface area (Å²) in [5.74, 6) is 1.19. The molecule has 3 aromatic heterocycles. The number of morpholine rings is 1. The number of aromatic nitrogens is 4. The van der Waals surface area contributed by atoms with Crippen molar-refractivity contribution in [1.82, 2.24) is 24.8 Å². The quantitative estimate of drug-likeness (QED) is 0.285. The van der Waals surface area contributed by atoms with Crippen LogP contribution in [0.5, 0.6) is 0 Å². The normalized spacial score (nSPS) is 15.6. The van der Waals surface area contributed by atoms with Gasteiger partial charge in [0.15, 0.2) is 5.82 Å². The van der Waals surface area contributed by atoms with Crippen LogP contribution in [0.2, 0.25) is 0 Å². The van der Waals surface area contributed by atoms with E-state index < -0.39 is 0 Å². The molecule has 1 fully saturated rings. The number of fused-ring (bicyclic) bond motifs is 1. The Labute approximate surface area is 213 Å². The molecule has 11 nitrogen and oxygen atoms in total. The number of hydrogen-bond acceptors (Lipinski definition) is 9. The van der Waals surface area contributed by atoms with Crippen LogP contribution in [0, 0.1) is 6.92 Å². The Balaban J connectivity index is 1.57. The lowest BCUT2D eigenvalue weighted by Crippen LogP contribution is -2.34. The van der Waals surface area contributed by atoms with E-state index >= 15 is 0 Å². The van der Waals surface area contributed by atoms with Gasteiger partial charge in [-0.3, -0.25) is 19.5 Å². The lowest BCUT2D eigenvalue weighted by atomic mass is 10.0. The first-order valence-corrected chi connectivity index (χ1v) is 12.0. The number of oxazole rings is 1. The number of hydrogen-bond donors (Lipinski definition) is 1. The molecule has 1 atom stereocenters. The number of anilines is 2. The number of nitrogens with zero attached hydrogens (tertiary/aromatic N) is 5. The number of carbonyl (C=O) groups excluding carboxylic acids is 2. The highest BCUT2D eigenvalue weighted by molar-refractivity contribution is 5.92. The molecule has 37 heavy (non-hydrogen) atoms. The van der Waals surface area contributed by atoms with Crippen LogP contribution in [-0.4, -0.2) is 58.8 Å². The third kappa shape index (κ3) is 4.95. The van der Waals surface area contributed by atoms with E-state index in [1.165, 1.54) is 18.3 Å². The van der Waals surface area contributed by atoms with Crippen molar-refractivity contribution in [1.29, 1.82) is 0 Å². The van der Waals surface area contributed by atoms with E-state index in [9.17, 15) is 9.59 Å². The molecular formula is C26H28N6O5. The summed E-state index contributed by atoms with van der Waals surface area (Å²) < 4.78 is 18.1. The van der Waals surface area contributed by atoms with Crippen molar-refractivity contribution in [3.05, 3.63) is 53.8 Å². The molecule has 0 radical (unpaired) electrons. The predicted octanol–water partition coefficient (Wildman–Crippen LogP) is 2.99. The molecule has 4 heterocycles. The highest BCUT2D eigenvalue weighted by Gasteiger charge is 2.25. The van der Waals surface area contributed by atoms with Crippen LogP contribution in [0.15, 0.2) is 41.1 Å². The van der Waals surface area contributed by atoms with E-state index in [-0.39, 0.29) is 18.4 Å². The number of methoxy groups -OCH3 is 1. The van der Waals surface area contributed by atoms with Crippen LogP contribution in [-0.2, 0) is 32.5 Å². The minimum absolute atomic E-state index is 0.110. The fraction of sp³-hybridized carbons (Fsp3) is 0.346. The molecule has 1 saturated heterocycles. The lowest BCUT2D eigenvalue weighted by Gasteiger charge is -2.25. The number of amides is 1. The van der Waals surface area contributed by atoms with Gasteiger partial charge < -0.3 is 23.8 Å². The number of aryl methyl sites for hydroxylation is 3. The van der Waals surface area contributed by atoms with Gasteiger partial charge in [-0.15, -0.1) is 0 Å². The maximum atomic E-state index is 12.4. The molecule has 0 saturated carbocycles. The minimum atomic E-state index is -0.298. The third-order valence-electron chi connectivity index (χ3n) is 6.44. The summed E-state index contributed by atoms with van der Waals surface area (Å²) in [6, 6.07) is 7.37. The molecule has 1 amide bonds. The Hall–Kier alpha value is -4.09. The van der Waals surface area contributed by atoms with E-state index in [1.54, 1.807) is 12.3 Å². The second-order valence-corrected chi connectivity index (χ2v) is 8.82. The van der Waals surface area contributed by atoms with E-state index in [0.717, 1.165) is 33.7 Å². The monoisotopic (exact) mass is 504 g/mol. The van der Waals surface area contributed by atoms with Crippen molar-refractivity contribution < 1.29 is 23.5 Å². The highest BCUT2D eigenvalue weighted by atomic mass is 16.5. The van der Waals surface area contributed by atoms with E-state index in [4.69, 9.17) is 18.9 Å². The average Bonchev–Trinajstić information content (AvgIpc) is 3.53. The highest BCUT2D eigenvalue weighted by Crippen LogP contribution is 2.34. The van der Waals surface area contributed by atoms with Gasteiger partial charge in [0.25, 0.3) is 0 Å². The maximum absolute atomic E-state index is 12.4. The SMILES string of the molecule is COC(=O)CCc1nc2c(C3COCCN3)cc(N(C=O)c3coc(-c4ccnc(C)c4)n3)cc2n1C. The van der Waals surface area contributed by atoms with Gasteiger partial charge in [-0.25, -0.2) is 4.98 Å². The lowest BCUT2D eigenvalue weighted by molar-refractivity contribution is -0.140. The Kier molecular flexibility index (Phi) is 6.97. The number of carbonyl (C=O) groups is 2. The van der Waals surface area contributed by atoms with Crippen molar-refractivity contribution in [3.63, 3.8) is 0 Å². The zero-order valence-electron chi connectivity index (χ0n) is 20.9. The van der Waals surface area contributed by atoms with E-state index in [0.29, 0.717) is 50.0 Å². The van der Waals surface area contributed by atoms with Crippen LogP contribution in [0.4, 0.5) is 11.5 Å². The molecule has 1 unspecified atom stereocenters. The molecule has 1 N–H and O–H groups in total. The Morgan fingerprint density at radius 3 is 2.92 bits per heavy atom. The van der Waals surface area contributed by atoms with Crippen molar-refractivity contribution in [2.24, 2.45) is 7.05 Å². The number of nitrogens with one attached hydrogen (secondary N) is 1. The molecule has 0 spiro atoms. The van der Waals surface area contributed by atoms with Gasteiger partial charge >= 0.3 is 5.97 Å². The number of benzene rings is 1. The van der Waals surface area contributed by atoms with Crippen molar-refractivity contribution >= 4 is 34.9 Å². The Bertz CT molecular complexity index is 1440. The van der Waals surface area contributed by atoms with Gasteiger partial charge in [0, 0.05) is 43.0 Å². The van der Waals surface area contributed by atoms with Crippen LogP contribution in [0.3, 0.4) is 0 Å². The van der Waals surface area contributed by atoms with Crippen LogP contribution < -0.4 is 10.2 Å². The van der Waals surface area contributed by atoms with Gasteiger partial charge in [0.2, 0.25) is 12.3 Å². The topological polar surface area (TPSA) is 125 Å². The minimum Gasteiger partial charge on any atom is -0.469 e. The van der Waals surface area contributed by atoms with Gasteiger partial charge in [0.05, 0.1) is 49.5 Å². The summed E-state index contributed by atoms with van der Waals surface area (Å²) >= 11 is 0. The second-order valence-electron chi connectivity index (χ2n) is 8.82. The number of imidazole rings is 1. The predicted molar refractivity (Wildman–Crippen MR) is 135 cm³/mol. The van der Waals surface area contributed by atoms with E-state index in [2.05, 4.69) is 15.3 Å². The van der Waals surface area contributed by atoms with Gasteiger partial charge in [-0.1, -0.05) is 0 Å². The Morgan fingerprint density at radius 1 is 1.32 bits per heavy atom. The zero-order valence-corrected chi connectivity index (χ0v) is 20.9. The summed E-state index contributed by atoms with van der Waals surface area (Å²) in [6.07, 6.45) is 4.50. The molecule has 1 aliphatic rings. The number of esters is 1. The van der Waals surface area contributed by atoms with Crippen LogP contribution >= 0.6 is 0 Å². The molecule has 1 aromatic carbocycles. The number of ether oxygens (including phenoxy) is 2. The summed E-state index contributed by atoms with van der Waals surface area (Å²) in [7, 11) is 3.26. The van der Waals surface area contributed by atoms with Crippen molar-refractivity contribution in [2.45, 2.75) is 25.8 Å². The zero-order chi connectivity index (χ0) is 25.9. The number of pyridine rings is 1. The third-order valence-corrected chi connectivity index (χ3v) is 6.44. The summed E-state index contributed by atoms with van der Waals surface area (Å²) in [5, 5.41) is 3.48. The molecule has 0 aliphatic carbocycles. The smallest absolute Gasteiger partial charge is 0.305 e. The van der Waals surface area contributed by atoms with Crippen molar-refractivity contribution in [3.8, 4) is 11.5 Å². The summed E-state index contributed by atoms with van der Waals surface area (Å²) in [6.45, 7) is 3.69. The second kappa shape index (κ2) is 10.5. The van der Waals surface area contributed by atoms with Crippen LogP contribution in [0.1, 0.15) is 29.5 Å². The largest absolute Gasteiger partial charge is 0.469 e. The molecule has 192 valence electrons. The van der Waals surface area contributed by atoms with Crippen molar-refractivity contribution in [2.75, 3.05) is 31.8 Å². The maximum Gasteiger partial charge on any atom is 0.305 e. The molecule has 4 aromatic rings. The molecule has 5 rings (SSSR count). The molecular weight excluding hydrogens is 476 g/mol. The molecule has 1 aliphatic heterocycles. The van der Waals surface area contributed by atoms with E-state index in [1.807, 2.05) is 36.7 Å². The van der Waals surface area contributed by atoms with Gasteiger partial charge in [0.1, 0.15) is 12.1 Å². The van der Waals surface area contributed by atoms with Gasteiger partial charge in [-0.05, 0) is 31.2 Å². The number of rotatable bonds is 8. The molecule has 11 heteroatoms. The van der Waals surface area contributed by atoms with Gasteiger partial charge in [-0.2, -0.15) is 4.98 Å². The summed E-state index contributed by atoms with van der Waals surface area (Å²) in [5.41, 5.74) is 4.71. The fourth-order valence-corrected chi connectivity index (χ4v) is 4.49. The fourth-order valence-electron chi connectivity index (χ4n) is 4.49.